The highest BCUT2D eigenvalue weighted by Crippen LogP contribution is 2.34. The van der Waals surface area contributed by atoms with Crippen molar-refractivity contribution in [3.63, 3.8) is 0 Å². The highest BCUT2D eigenvalue weighted by Gasteiger charge is 2.14. The number of phenolic OH excluding ortho intramolecular Hbond substituents is 1. The van der Waals surface area contributed by atoms with Gasteiger partial charge in [0.25, 0.3) is 0 Å². The lowest BCUT2D eigenvalue weighted by atomic mass is 9.99. The van der Waals surface area contributed by atoms with Gasteiger partial charge in [-0.1, -0.05) is 0 Å². The van der Waals surface area contributed by atoms with Gasteiger partial charge in [-0.3, -0.25) is 4.79 Å². The van der Waals surface area contributed by atoms with Crippen LogP contribution in [0, 0.1) is 0 Å². The summed E-state index contributed by atoms with van der Waals surface area (Å²) < 4.78 is 5.61. The maximum Gasteiger partial charge on any atom is 0.328 e. The molecular weight excluding hydrogens is 272 g/mol. The van der Waals surface area contributed by atoms with Gasteiger partial charge in [-0.25, -0.2) is 4.79 Å². The van der Waals surface area contributed by atoms with Crippen LogP contribution in [0.3, 0.4) is 0 Å². The number of hydrogen-bond donors (Lipinski definition) is 2. The van der Waals surface area contributed by atoms with Crippen LogP contribution >= 0.6 is 0 Å². The molecule has 1 aliphatic carbocycles. The Morgan fingerprint density at radius 1 is 1.14 bits per heavy atom. The molecule has 2 N–H and O–H groups in total. The van der Waals surface area contributed by atoms with Crippen LogP contribution in [0.2, 0.25) is 0 Å². The van der Waals surface area contributed by atoms with E-state index in [1.807, 2.05) is 0 Å². The lowest BCUT2D eigenvalue weighted by Gasteiger charge is -2.11. The maximum absolute atomic E-state index is 11.4. The third-order valence-electron chi connectivity index (χ3n) is 3.11. The maximum atomic E-state index is 11.4. The van der Waals surface area contributed by atoms with E-state index >= 15 is 0 Å². The summed E-state index contributed by atoms with van der Waals surface area (Å²) in [5.74, 6) is -0.709. The summed E-state index contributed by atoms with van der Waals surface area (Å²) in [6.45, 7) is 0. The fourth-order valence-corrected chi connectivity index (χ4v) is 2.23. The molecule has 0 spiro atoms. The second-order valence-electron chi connectivity index (χ2n) is 4.53. The van der Waals surface area contributed by atoms with Crippen molar-refractivity contribution >= 4 is 23.0 Å². The van der Waals surface area contributed by atoms with E-state index in [4.69, 9.17) is 9.52 Å². The van der Waals surface area contributed by atoms with Gasteiger partial charge in [0.05, 0.1) is 0 Å². The van der Waals surface area contributed by atoms with E-state index in [-0.39, 0.29) is 11.2 Å². The zero-order valence-electron chi connectivity index (χ0n) is 10.7. The van der Waals surface area contributed by atoms with Gasteiger partial charge in [-0.15, -0.1) is 0 Å². The molecule has 0 bridgehead atoms. The second-order valence-corrected chi connectivity index (χ2v) is 4.53. The molecule has 0 aromatic heterocycles. The zero-order valence-corrected chi connectivity index (χ0v) is 10.7. The minimum absolute atomic E-state index is 0.0250. The number of benzene rings is 2. The van der Waals surface area contributed by atoms with E-state index < -0.39 is 5.97 Å². The normalized spacial score (nSPS) is 11.4. The quantitative estimate of drug-likeness (QED) is 0.557. The lowest BCUT2D eigenvalue weighted by Crippen LogP contribution is -1.99. The molecule has 0 saturated heterocycles. The van der Waals surface area contributed by atoms with Crippen LogP contribution in [-0.4, -0.2) is 16.2 Å². The van der Waals surface area contributed by atoms with Crippen molar-refractivity contribution in [3.8, 4) is 17.1 Å². The van der Waals surface area contributed by atoms with Crippen molar-refractivity contribution in [2.45, 2.75) is 0 Å². The average Bonchev–Trinajstić information content (AvgIpc) is 2.42. The molecule has 1 aromatic rings. The molecule has 1 aromatic carbocycles. The average molecular weight is 282 g/mol. The highest BCUT2D eigenvalue weighted by molar-refractivity contribution is 5.97. The predicted molar refractivity (Wildman–Crippen MR) is 77.4 cm³/mol. The number of rotatable bonds is 2. The molecule has 0 atom stereocenters. The van der Waals surface area contributed by atoms with Crippen molar-refractivity contribution in [1.29, 1.82) is 0 Å². The standard InChI is InChI=1S/C16H10O5/c17-9-1-3-12-11(5-6-16(19)20)13-4-2-10(18)8-15(13)21-14(12)7-9/h1-8,17H,(H,19,20)/b6-5-. The van der Waals surface area contributed by atoms with Crippen LogP contribution in [0.4, 0.5) is 0 Å². The van der Waals surface area contributed by atoms with E-state index in [1.165, 1.54) is 30.3 Å². The molecule has 21 heavy (non-hydrogen) atoms. The molecule has 0 amide bonds. The Labute approximate surface area is 118 Å². The lowest BCUT2D eigenvalue weighted by molar-refractivity contribution is -0.131. The number of phenols is 1. The number of hydrogen-bond acceptors (Lipinski definition) is 4. The molecule has 5 heteroatoms. The summed E-state index contributed by atoms with van der Waals surface area (Å²) in [6, 6.07) is 8.86. The first-order chi connectivity index (χ1) is 10.0. The molecule has 3 rings (SSSR count). The van der Waals surface area contributed by atoms with Crippen molar-refractivity contribution in [1.82, 2.24) is 0 Å². The molecule has 1 heterocycles. The summed E-state index contributed by atoms with van der Waals surface area (Å²) in [6.07, 6.45) is 2.47. The van der Waals surface area contributed by atoms with Gasteiger partial charge in [0.2, 0.25) is 0 Å². The van der Waals surface area contributed by atoms with Crippen LogP contribution in [0.15, 0.2) is 51.7 Å². The van der Waals surface area contributed by atoms with Crippen molar-refractivity contribution in [3.05, 3.63) is 58.3 Å². The number of aliphatic carboxylic acids is 1. The molecule has 0 unspecified atom stereocenters. The van der Waals surface area contributed by atoms with Gasteiger partial charge in [0.1, 0.15) is 17.1 Å². The summed E-state index contributed by atoms with van der Waals surface area (Å²) in [7, 11) is 0. The smallest absolute Gasteiger partial charge is 0.328 e. The van der Waals surface area contributed by atoms with Gasteiger partial charge in [0, 0.05) is 29.2 Å². The zero-order chi connectivity index (χ0) is 15.0. The highest BCUT2D eigenvalue weighted by atomic mass is 16.4. The second kappa shape index (κ2) is 4.79. The molecule has 0 radical (unpaired) electrons. The minimum atomic E-state index is -1.07. The third kappa shape index (κ3) is 2.36. The van der Waals surface area contributed by atoms with Gasteiger partial charge in [0.15, 0.2) is 5.43 Å². The van der Waals surface area contributed by atoms with Crippen molar-refractivity contribution in [2.24, 2.45) is 0 Å². The van der Waals surface area contributed by atoms with Crippen molar-refractivity contribution in [2.75, 3.05) is 0 Å². The summed E-state index contributed by atoms with van der Waals surface area (Å²) in [5, 5.41) is 19.0. The molecule has 2 aliphatic rings. The van der Waals surface area contributed by atoms with Gasteiger partial charge >= 0.3 is 5.97 Å². The Kier molecular flexibility index (Phi) is 2.95. The van der Waals surface area contributed by atoms with Crippen LogP contribution in [0.25, 0.3) is 28.4 Å². The van der Waals surface area contributed by atoms with E-state index in [0.29, 0.717) is 27.9 Å². The third-order valence-corrected chi connectivity index (χ3v) is 3.11. The topological polar surface area (TPSA) is 87.7 Å². The van der Waals surface area contributed by atoms with E-state index in [1.54, 1.807) is 12.1 Å². The van der Waals surface area contributed by atoms with E-state index in [0.717, 1.165) is 6.08 Å². The fourth-order valence-electron chi connectivity index (χ4n) is 2.23. The Hall–Kier alpha value is -3.08. The number of carboxylic acid groups (broad SMARTS) is 1. The van der Waals surface area contributed by atoms with Gasteiger partial charge in [-0.05, 0) is 35.9 Å². The summed E-state index contributed by atoms with van der Waals surface area (Å²) in [4.78, 5) is 22.2. The van der Waals surface area contributed by atoms with Crippen LogP contribution in [0.1, 0.15) is 5.56 Å². The first-order valence-electron chi connectivity index (χ1n) is 6.15. The molecule has 5 nitrogen and oxygen atoms in total. The Morgan fingerprint density at radius 3 is 2.71 bits per heavy atom. The minimum Gasteiger partial charge on any atom is -0.508 e. The van der Waals surface area contributed by atoms with Crippen LogP contribution < -0.4 is 5.43 Å². The number of carbonyl (C=O) groups is 1. The van der Waals surface area contributed by atoms with Crippen LogP contribution in [-0.2, 0) is 4.79 Å². The molecule has 0 fully saturated rings. The van der Waals surface area contributed by atoms with E-state index in [9.17, 15) is 14.7 Å². The molecular formula is C16H10O5. The molecule has 0 saturated carbocycles. The SMILES string of the molecule is O=C(O)/C=C\c1c2ccc(=O)cc-2oc2cc(O)ccc12. The Bertz CT molecular complexity index is 904. The molecule has 104 valence electrons. The monoisotopic (exact) mass is 282 g/mol. The Balaban J connectivity index is 2.43. The number of aromatic hydroxyl groups is 1. The summed E-state index contributed by atoms with van der Waals surface area (Å²) >= 11 is 0. The predicted octanol–water partition coefficient (Wildman–Crippen LogP) is 2.70. The first-order valence-corrected chi connectivity index (χ1v) is 6.15. The van der Waals surface area contributed by atoms with Gasteiger partial charge < -0.3 is 14.6 Å². The largest absolute Gasteiger partial charge is 0.508 e. The van der Waals surface area contributed by atoms with Crippen molar-refractivity contribution < 1.29 is 19.4 Å². The van der Waals surface area contributed by atoms with Crippen LogP contribution in [0.5, 0.6) is 5.75 Å². The number of carboxylic acids is 1. The van der Waals surface area contributed by atoms with Gasteiger partial charge in [-0.2, -0.15) is 0 Å². The molecule has 1 aliphatic heterocycles. The Morgan fingerprint density at radius 2 is 1.95 bits per heavy atom. The fraction of sp³-hybridized carbons (Fsp3) is 0. The van der Waals surface area contributed by atoms with E-state index in [2.05, 4.69) is 0 Å². The summed E-state index contributed by atoms with van der Waals surface area (Å²) in [5.41, 5.74) is 1.41. The number of fused-ring (bicyclic) bond motifs is 2. The first kappa shape index (κ1) is 12.9.